The second-order valence-corrected chi connectivity index (χ2v) is 37.9. The van der Waals surface area contributed by atoms with Crippen LogP contribution in [0.25, 0.3) is 29.1 Å². The molecule has 18 heteroatoms. The summed E-state index contributed by atoms with van der Waals surface area (Å²) in [6.45, 7) is 102. The maximum absolute atomic E-state index is 14.0. The van der Waals surface area contributed by atoms with E-state index in [9.17, 15) is 58.4 Å². The van der Waals surface area contributed by atoms with Gasteiger partial charge >= 0.3 is 0 Å². The van der Waals surface area contributed by atoms with Gasteiger partial charge in [-0.1, -0.05) is 201 Å². The molecule has 600 valence electrons. The van der Waals surface area contributed by atoms with Gasteiger partial charge in [0.1, 0.15) is 19.0 Å². The SMILES string of the molecule is CC(C)C1CC(C)(C(C)C)C(CF)C1O.[C-]#[N+]C1(C(C)C)CC(C(C)C)C(F)C1O.[C-]#[N+]C1(C(C)C)CC(C(C)C)C(O)C1CF.[C-]#[N+]C1(C(C)C)CC(C(C)C)C(O)C1F.[C-]#[N+]C1(C(C)C)CC(C(C)C)C(O)C1O.[C-]#[N+]C1(C(C)C)CC(C(C)C)CC1O.[C-]#[N+]C1(C(C)C)CC(O)C(C(C)C)C1. The molecule has 0 spiro atoms. The molecule has 26 unspecified atom stereocenters. The topological polar surface area (TPSA) is 188 Å². The Morgan fingerprint density at radius 2 is 0.663 bits per heavy atom. The van der Waals surface area contributed by atoms with E-state index in [4.69, 9.17) is 39.4 Å². The Labute approximate surface area is 631 Å². The summed E-state index contributed by atoms with van der Waals surface area (Å²) in [5, 5.41) is 80.0. The summed E-state index contributed by atoms with van der Waals surface area (Å²) in [5.74, 6) is 3.84. The minimum Gasteiger partial charge on any atom is -0.393 e. The van der Waals surface area contributed by atoms with E-state index in [1.54, 1.807) is 0 Å². The molecule has 0 aromatic carbocycles. The van der Waals surface area contributed by atoms with Crippen LogP contribution in [0.15, 0.2) is 0 Å². The van der Waals surface area contributed by atoms with Gasteiger partial charge in [-0.25, -0.2) is 48.2 Å². The number of hydrogen-bond donors (Lipinski definition) is 8. The highest BCUT2D eigenvalue weighted by Gasteiger charge is 2.65. The van der Waals surface area contributed by atoms with Gasteiger partial charge in [-0.05, 0) is 101 Å². The molecule has 7 aliphatic rings. The van der Waals surface area contributed by atoms with Crippen LogP contribution in [-0.4, -0.2) is 149 Å². The Hall–Kier alpha value is -3.66. The van der Waals surface area contributed by atoms with Crippen molar-refractivity contribution in [3.63, 3.8) is 0 Å². The fourth-order valence-corrected chi connectivity index (χ4v) is 18.8. The van der Waals surface area contributed by atoms with Crippen molar-refractivity contribution in [1.82, 2.24) is 0 Å². The fourth-order valence-electron chi connectivity index (χ4n) is 18.8. The molecule has 0 heterocycles. The minimum absolute atomic E-state index is 0.00741. The van der Waals surface area contributed by atoms with E-state index in [0.717, 1.165) is 25.7 Å². The van der Waals surface area contributed by atoms with Gasteiger partial charge in [0, 0.05) is 85.9 Å². The summed E-state index contributed by atoms with van der Waals surface area (Å²) < 4.78 is 54.1. The lowest BCUT2D eigenvalue weighted by Crippen LogP contribution is -2.43. The molecule has 7 aliphatic carbocycles. The maximum atomic E-state index is 14.0. The number of hydrogen-bond acceptors (Lipinski definition) is 8. The van der Waals surface area contributed by atoms with Gasteiger partial charge in [0.15, 0.2) is 12.2 Å². The lowest BCUT2D eigenvalue weighted by molar-refractivity contribution is -0.0107. The second-order valence-electron chi connectivity index (χ2n) is 37.9. The molecule has 8 N–H and O–H groups in total. The van der Waals surface area contributed by atoms with Crippen LogP contribution in [0.5, 0.6) is 0 Å². The zero-order valence-corrected chi connectivity index (χ0v) is 70.1. The van der Waals surface area contributed by atoms with Crippen molar-refractivity contribution in [2.75, 3.05) is 13.3 Å². The van der Waals surface area contributed by atoms with Gasteiger partial charge in [-0.2, -0.15) is 0 Å². The molecule has 7 rings (SSSR count). The van der Waals surface area contributed by atoms with Gasteiger partial charge in [-0.15, -0.1) is 0 Å². The van der Waals surface area contributed by atoms with E-state index in [0.29, 0.717) is 85.4 Å². The first-order valence-electron chi connectivity index (χ1n) is 39.9. The number of nitrogens with zero attached hydrogens (tertiary/aromatic N) is 6. The van der Waals surface area contributed by atoms with Crippen LogP contribution in [0.4, 0.5) is 17.6 Å². The molecule has 14 nitrogen and oxygen atoms in total. The molecule has 0 bridgehead atoms. The molecule has 0 saturated heterocycles. The largest absolute Gasteiger partial charge is 0.393 e. The lowest BCUT2D eigenvalue weighted by atomic mass is 9.71. The van der Waals surface area contributed by atoms with Gasteiger partial charge in [0.2, 0.25) is 17.2 Å². The van der Waals surface area contributed by atoms with Crippen LogP contribution in [0.2, 0.25) is 0 Å². The van der Waals surface area contributed by atoms with Crippen molar-refractivity contribution in [2.45, 2.75) is 353 Å². The van der Waals surface area contributed by atoms with E-state index < -0.39 is 95.4 Å². The van der Waals surface area contributed by atoms with Crippen LogP contribution >= 0.6 is 0 Å². The van der Waals surface area contributed by atoms with Gasteiger partial charge in [-0.3, -0.25) is 8.78 Å². The number of aliphatic hydroxyl groups is 8. The predicted octanol–water partition coefficient (Wildman–Crippen LogP) is 18.7. The quantitative estimate of drug-likeness (QED) is 0.0554. The molecule has 0 aliphatic heterocycles. The van der Waals surface area contributed by atoms with Crippen molar-refractivity contribution in [3.8, 4) is 0 Å². The second kappa shape index (κ2) is 40.3. The first-order chi connectivity index (χ1) is 47.7. The van der Waals surface area contributed by atoms with Crippen molar-refractivity contribution in [1.29, 1.82) is 0 Å². The van der Waals surface area contributed by atoms with Crippen molar-refractivity contribution in [3.05, 3.63) is 68.5 Å². The lowest BCUT2D eigenvalue weighted by Gasteiger charge is -2.35. The number of alkyl halides is 4. The molecule has 26 atom stereocenters. The Morgan fingerprint density at radius 3 is 0.885 bits per heavy atom. The average Bonchev–Trinajstić information content (AvgIpc) is 1.61. The number of rotatable bonds is 16. The molecule has 7 fully saturated rings. The third-order valence-corrected chi connectivity index (χ3v) is 28.2. The third kappa shape index (κ3) is 20.7. The third-order valence-electron chi connectivity index (χ3n) is 28.2. The summed E-state index contributed by atoms with van der Waals surface area (Å²) in [6.07, 6.45) is -1.86. The van der Waals surface area contributed by atoms with Gasteiger partial charge in [0.25, 0.3) is 22.2 Å². The molecule has 104 heavy (non-hydrogen) atoms. The minimum atomic E-state index is -1.40. The van der Waals surface area contributed by atoms with Crippen LogP contribution in [0, 0.1) is 181 Å². The first kappa shape index (κ1) is 98.3. The monoisotopic (exact) mass is 1470 g/mol. The predicted molar refractivity (Wildman–Crippen MR) is 415 cm³/mol. The summed E-state index contributed by atoms with van der Waals surface area (Å²) in [4.78, 5) is 21.9. The van der Waals surface area contributed by atoms with E-state index >= 15 is 0 Å². The molecular weight excluding hydrogens is 1320 g/mol. The number of aliphatic hydroxyl groups excluding tert-OH is 8. The van der Waals surface area contributed by atoms with Crippen LogP contribution in [0.1, 0.15) is 259 Å². The number of halogens is 4. The molecular formula is C86H150F4N6O8. The molecule has 7 saturated carbocycles. The highest BCUT2D eigenvalue weighted by molar-refractivity contribution is 5.20. The van der Waals surface area contributed by atoms with Gasteiger partial charge in [0.05, 0.1) is 49.5 Å². The molecule has 0 radical (unpaired) electrons. The summed E-state index contributed by atoms with van der Waals surface area (Å²) in [7, 11) is 0. The normalized spacial score (nSPS) is 40.1. The first-order valence-corrected chi connectivity index (χ1v) is 39.9. The zero-order valence-electron chi connectivity index (χ0n) is 70.1. The van der Waals surface area contributed by atoms with Crippen molar-refractivity contribution in [2.24, 2.45) is 142 Å². The van der Waals surface area contributed by atoms with Crippen molar-refractivity contribution >= 4 is 0 Å². The van der Waals surface area contributed by atoms with Gasteiger partial charge < -0.3 is 69.9 Å². The van der Waals surface area contributed by atoms with Crippen LogP contribution in [-0.2, 0) is 0 Å². The van der Waals surface area contributed by atoms with E-state index in [1.807, 2.05) is 125 Å². The van der Waals surface area contributed by atoms with E-state index in [2.05, 4.69) is 105 Å². The maximum Gasteiger partial charge on any atom is 0.268 e. The average molecular weight is 1470 g/mol. The van der Waals surface area contributed by atoms with Crippen LogP contribution < -0.4 is 0 Å². The van der Waals surface area contributed by atoms with Crippen molar-refractivity contribution < 1.29 is 58.4 Å². The Balaban J connectivity index is 0.000000607. The van der Waals surface area contributed by atoms with E-state index in [1.165, 1.54) is 0 Å². The Morgan fingerprint density at radius 1 is 0.327 bits per heavy atom. The summed E-state index contributed by atoms with van der Waals surface area (Å²) in [6, 6.07) is 0. The van der Waals surface area contributed by atoms with Crippen LogP contribution in [0.3, 0.4) is 0 Å². The highest BCUT2D eigenvalue weighted by Crippen LogP contribution is 2.55. The fraction of sp³-hybridized carbons (Fsp3) is 0.930. The van der Waals surface area contributed by atoms with E-state index in [-0.39, 0.29) is 101 Å². The molecule has 0 amide bonds. The Kier molecular flexibility index (Phi) is 38.1. The summed E-state index contributed by atoms with van der Waals surface area (Å²) >= 11 is 0. The Bertz CT molecular complexity index is 2720. The zero-order chi connectivity index (χ0) is 81.6. The summed E-state index contributed by atoms with van der Waals surface area (Å²) in [5.41, 5.74) is -4.24. The standard InChI is InChI=1S/C13H22FNO.C13H25FO.2C12H20FNO.C12H21NO2.2C12H21NO/c1-8(2)10-6-13(15-5,9(3)4)11(7-14)12(10)16;1-8(2)10-6-13(5,9(3)4)11(7-14)12(10)15;1-7(2)9-6-12(14-5,8(3)4)11(13)10(9)15;1-7(2)9-6-12(14-5,8(3)4)11(15)10(9)13;1-7(2)9-6-12(13-5,8(3)4)11(15)10(9)14;1-8(2)10-6-12(13-5,9(3)4)7-11(10)14;1-8(2)10-6-11(14)12(7-10,13-5)9(3)4/h8-12,16H,6-7H2,1-4H3;8-12,15H,6-7H2,1-5H3;2*7-11,15H,6H2,1-4H3;7-11,14-15H,6H2,1-4H3;2*8-11,14H,6-7H2,1-4H3. The smallest absolute Gasteiger partial charge is 0.268 e. The molecule has 0 aromatic heterocycles. The highest BCUT2D eigenvalue weighted by atomic mass is 19.1. The molecule has 0 aromatic rings.